The number of rotatable bonds is 10. The summed E-state index contributed by atoms with van der Waals surface area (Å²) in [5.74, 6) is 1.12. The number of unbranched alkanes of at least 4 members (excludes halogenated alkanes) is 4. The van der Waals surface area contributed by atoms with Crippen molar-refractivity contribution in [1.82, 2.24) is 4.90 Å². The molecule has 2 heterocycles. The van der Waals surface area contributed by atoms with E-state index in [1.54, 1.807) is 0 Å². The van der Waals surface area contributed by atoms with Gasteiger partial charge in [0.25, 0.3) is 0 Å². The van der Waals surface area contributed by atoms with E-state index in [1.807, 2.05) is 12.1 Å². The van der Waals surface area contributed by atoms with E-state index in [9.17, 15) is 9.59 Å². The van der Waals surface area contributed by atoms with Crippen molar-refractivity contribution in [2.75, 3.05) is 13.6 Å². The van der Waals surface area contributed by atoms with Crippen molar-refractivity contribution in [2.24, 2.45) is 5.92 Å². The van der Waals surface area contributed by atoms with Crippen LogP contribution >= 0.6 is 0 Å². The Balaban J connectivity index is 1.46. The summed E-state index contributed by atoms with van der Waals surface area (Å²) in [6, 6.07) is 4.40. The molecule has 0 amide bonds. The van der Waals surface area contributed by atoms with Gasteiger partial charge in [-0.1, -0.05) is 51.7 Å². The van der Waals surface area contributed by atoms with Gasteiger partial charge >= 0.3 is 11.9 Å². The molecule has 1 aromatic rings. The van der Waals surface area contributed by atoms with Crippen LogP contribution in [-0.2, 0) is 26.2 Å². The molecular formula is C29H39NO5. The number of benzene rings is 1. The number of hydrogen-bond donors (Lipinski definition) is 0. The van der Waals surface area contributed by atoms with Crippen LogP contribution in [-0.4, -0.2) is 48.7 Å². The number of hydrogen-bond acceptors (Lipinski definition) is 6. The number of piperidine rings is 1. The molecule has 2 bridgehead atoms. The van der Waals surface area contributed by atoms with E-state index >= 15 is 0 Å². The summed E-state index contributed by atoms with van der Waals surface area (Å²) in [4.78, 5) is 27.7. The second-order valence-corrected chi connectivity index (χ2v) is 10.8. The highest BCUT2D eigenvalue weighted by Crippen LogP contribution is 2.62. The van der Waals surface area contributed by atoms with E-state index in [-0.39, 0.29) is 29.4 Å². The summed E-state index contributed by atoms with van der Waals surface area (Å²) in [6.45, 7) is 5.21. The van der Waals surface area contributed by atoms with Crippen LogP contribution in [0.1, 0.15) is 82.8 Å². The molecule has 0 aromatic heterocycles. The van der Waals surface area contributed by atoms with E-state index in [0.29, 0.717) is 30.4 Å². The Labute approximate surface area is 209 Å². The lowest BCUT2D eigenvalue weighted by molar-refractivity contribution is -0.155. The normalized spacial score (nSPS) is 29.9. The lowest BCUT2D eigenvalue weighted by Crippen LogP contribution is -2.65. The molecule has 0 unspecified atom stereocenters. The van der Waals surface area contributed by atoms with Crippen LogP contribution in [0.3, 0.4) is 0 Å². The van der Waals surface area contributed by atoms with Gasteiger partial charge in [0, 0.05) is 35.8 Å². The molecular weight excluding hydrogens is 442 g/mol. The summed E-state index contributed by atoms with van der Waals surface area (Å²) < 4.78 is 18.6. The van der Waals surface area contributed by atoms with E-state index in [4.69, 9.17) is 14.2 Å². The topological polar surface area (TPSA) is 65.1 Å². The predicted octanol–water partition coefficient (Wildman–Crippen LogP) is 5.11. The number of ether oxygens (including phenoxy) is 3. The largest absolute Gasteiger partial charge is 0.481 e. The zero-order chi connectivity index (χ0) is 24.6. The Bertz CT molecular complexity index is 1000. The molecule has 5 rings (SSSR count). The summed E-state index contributed by atoms with van der Waals surface area (Å²) in [6.07, 6.45) is 12.2. The first-order valence-electron chi connectivity index (χ1n) is 13.6. The fourth-order valence-electron chi connectivity index (χ4n) is 6.81. The number of esters is 2. The Morgan fingerprint density at radius 2 is 1.80 bits per heavy atom. The molecule has 2 aliphatic carbocycles. The summed E-state index contributed by atoms with van der Waals surface area (Å²) in [5.41, 5.74) is 2.20. The van der Waals surface area contributed by atoms with Gasteiger partial charge < -0.3 is 19.1 Å². The third kappa shape index (κ3) is 4.18. The van der Waals surface area contributed by atoms with Gasteiger partial charge in [0.2, 0.25) is 0 Å². The minimum absolute atomic E-state index is 0.161. The van der Waals surface area contributed by atoms with Crippen LogP contribution in [0, 0.1) is 5.92 Å². The Kier molecular flexibility index (Phi) is 6.93. The Morgan fingerprint density at radius 3 is 2.54 bits per heavy atom. The summed E-state index contributed by atoms with van der Waals surface area (Å²) in [5, 5.41) is 0. The third-order valence-electron chi connectivity index (χ3n) is 8.58. The molecule has 0 radical (unpaired) electrons. The molecule has 1 aromatic carbocycles. The number of likely N-dealkylation sites (tertiary alicyclic amines) is 1. The average molecular weight is 482 g/mol. The number of likely N-dealkylation sites (N-methyl/N-ethyl adjacent to an activating group) is 1. The highest BCUT2D eigenvalue weighted by molar-refractivity contribution is 5.75. The molecule has 1 fully saturated rings. The first-order valence-corrected chi connectivity index (χ1v) is 13.6. The zero-order valence-electron chi connectivity index (χ0n) is 21.4. The van der Waals surface area contributed by atoms with E-state index in [0.717, 1.165) is 57.9 Å². The molecule has 6 heteroatoms. The Morgan fingerprint density at radius 1 is 1.06 bits per heavy atom. The quantitative estimate of drug-likeness (QED) is 0.200. The van der Waals surface area contributed by atoms with Crippen molar-refractivity contribution >= 4 is 11.9 Å². The Hall–Kier alpha value is -2.34. The van der Waals surface area contributed by atoms with Crippen molar-refractivity contribution in [3.05, 3.63) is 35.4 Å². The summed E-state index contributed by atoms with van der Waals surface area (Å²) in [7, 11) is 2.20. The smallest absolute Gasteiger partial charge is 0.311 e. The number of carbonyl (C=O) groups excluding carboxylic acids is 2. The van der Waals surface area contributed by atoms with Crippen molar-refractivity contribution in [1.29, 1.82) is 0 Å². The lowest BCUT2D eigenvalue weighted by atomic mass is 9.53. The van der Waals surface area contributed by atoms with Gasteiger partial charge in [-0.05, 0) is 57.0 Å². The second-order valence-electron chi connectivity index (χ2n) is 10.8. The van der Waals surface area contributed by atoms with Gasteiger partial charge in [0.15, 0.2) is 17.6 Å². The maximum Gasteiger partial charge on any atom is 0.311 e. The van der Waals surface area contributed by atoms with Gasteiger partial charge in [0.05, 0.1) is 0 Å². The highest BCUT2D eigenvalue weighted by Gasteiger charge is 2.65. The van der Waals surface area contributed by atoms with Crippen molar-refractivity contribution < 1.29 is 23.8 Å². The molecule has 190 valence electrons. The van der Waals surface area contributed by atoms with Gasteiger partial charge in [-0.25, -0.2) is 0 Å². The van der Waals surface area contributed by atoms with Gasteiger partial charge in [-0.3, -0.25) is 9.59 Å². The maximum atomic E-state index is 12.7. The standard InChI is InChI=1S/C29H39NO5/c1-4-6-8-10-24(31)33-22-14-12-19-18-21-20-13-15-23(34-25(32)11-9-7-5-2)28-29(20,16-17-30(21)3)26(19)27(22)35-28/h12-15,20-21,23,28H,4-11,16-18H2,1-3H3/t20-,21+,23-,28-,29-/m0/s1. The van der Waals surface area contributed by atoms with Crippen molar-refractivity contribution in [2.45, 2.75) is 102 Å². The van der Waals surface area contributed by atoms with Crippen LogP contribution < -0.4 is 9.47 Å². The lowest BCUT2D eigenvalue weighted by Gasteiger charge is -2.56. The highest BCUT2D eigenvalue weighted by atomic mass is 16.6. The number of carbonyl (C=O) groups is 2. The first-order chi connectivity index (χ1) is 17.0. The molecule has 0 N–H and O–H groups in total. The minimum atomic E-state index is -0.434. The zero-order valence-corrected chi connectivity index (χ0v) is 21.4. The molecule has 2 aliphatic heterocycles. The molecule has 35 heavy (non-hydrogen) atoms. The molecule has 1 saturated heterocycles. The van der Waals surface area contributed by atoms with Crippen LogP contribution in [0.4, 0.5) is 0 Å². The molecule has 6 nitrogen and oxygen atoms in total. The molecule has 0 saturated carbocycles. The summed E-state index contributed by atoms with van der Waals surface area (Å²) >= 11 is 0. The van der Waals surface area contributed by atoms with Crippen LogP contribution in [0.2, 0.25) is 0 Å². The van der Waals surface area contributed by atoms with Gasteiger partial charge in [-0.2, -0.15) is 0 Å². The second kappa shape index (κ2) is 9.96. The monoisotopic (exact) mass is 481 g/mol. The SMILES string of the molecule is CCCCCC(=O)Oc1ccc2c3c1O[C@H]1[C@@H](OC(=O)CCCCC)C=C[C@H]4[C@@H](C2)N(C)CC[C@@]341. The van der Waals surface area contributed by atoms with E-state index in [2.05, 4.69) is 37.9 Å². The fraction of sp³-hybridized carbons (Fsp3) is 0.655. The van der Waals surface area contributed by atoms with Gasteiger partial charge in [0.1, 0.15) is 6.10 Å². The van der Waals surface area contributed by atoms with E-state index < -0.39 is 6.10 Å². The fourth-order valence-corrected chi connectivity index (χ4v) is 6.81. The maximum absolute atomic E-state index is 12.7. The number of nitrogens with zero attached hydrogens (tertiary/aromatic N) is 1. The van der Waals surface area contributed by atoms with Crippen LogP contribution in [0.5, 0.6) is 11.5 Å². The van der Waals surface area contributed by atoms with Crippen LogP contribution in [0.15, 0.2) is 24.3 Å². The molecule has 4 aliphatic rings. The molecule has 5 atom stereocenters. The van der Waals surface area contributed by atoms with Crippen LogP contribution in [0.25, 0.3) is 0 Å². The van der Waals surface area contributed by atoms with Crippen molar-refractivity contribution in [3.63, 3.8) is 0 Å². The third-order valence-corrected chi connectivity index (χ3v) is 8.58. The predicted molar refractivity (Wildman–Crippen MR) is 134 cm³/mol. The average Bonchev–Trinajstić information content (AvgIpc) is 3.19. The molecule has 1 spiro atoms. The van der Waals surface area contributed by atoms with Gasteiger partial charge in [-0.15, -0.1) is 0 Å². The minimum Gasteiger partial charge on any atom is -0.481 e. The van der Waals surface area contributed by atoms with Crippen molar-refractivity contribution in [3.8, 4) is 11.5 Å². The van der Waals surface area contributed by atoms with E-state index in [1.165, 1.54) is 11.1 Å². The first kappa shape index (κ1) is 24.4.